The van der Waals surface area contributed by atoms with Gasteiger partial charge in [0.15, 0.2) is 0 Å². The normalized spacial score (nSPS) is 10.1. The van der Waals surface area contributed by atoms with Crippen molar-refractivity contribution in [3.63, 3.8) is 0 Å². The lowest BCUT2D eigenvalue weighted by molar-refractivity contribution is 0.0526. The molecule has 0 aromatic heterocycles. The Labute approximate surface area is 104 Å². The third-order valence-corrected chi connectivity index (χ3v) is 2.65. The van der Waals surface area contributed by atoms with Crippen LogP contribution in [0.15, 0.2) is 18.2 Å². The Morgan fingerprint density at radius 2 is 2.19 bits per heavy atom. The number of carbonyl (C=O) groups excluding carboxylic acids is 1. The van der Waals surface area contributed by atoms with Gasteiger partial charge in [0, 0.05) is 5.33 Å². The summed E-state index contributed by atoms with van der Waals surface area (Å²) in [6, 6.07) is 4.86. The zero-order valence-electron chi connectivity index (χ0n) is 9.20. The van der Waals surface area contributed by atoms with Crippen molar-refractivity contribution in [1.82, 2.24) is 0 Å². The summed E-state index contributed by atoms with van der Waals surface area (Å²) in [7, 11) is 0. The number of aryl methyl sites for hydroxylation is 1. The minimum absolute atomic E-state index is 0.107. The van der Waals surface area contributed by atoms with Gasteiger partial charge in [0.2, 0.25) is 0 Å². The van der Waals surface area contributed by atoms with Crippen LogP contribution in [0.3, 0.4) is 0 Å². The topological polar surface area (TPSA) is 46.5 Å². The van der Waals surface area contributed by atoms with Crippen LogP contribution in [0.2, 0.25) is 0 Å². The van der Waals surface area contributed by atoms with Gasteiger partial charge in [-0.25, -0.2) is 4.79 Å². The van der Waals surface area contributed by atoms with Gasteiger partial charge in [-0.1, -0.05) is 15.9 Å². The van der Waals surface area contributed by atoms with E-state index in [1.807, 2.05) is 0 Å². The zero-order valence-corrected chi connectivity index (χ0v) is 10.8. The van der Waals surface area contributed by atoms with Crippen LogP contribution in [0.4, 0.5) is 0 Å². The molecule has 0 spiro atoms. The molecular formula is C12H15BrO3. The molecule has 0 aliphatic heterocycles. The molecule has 16 heavy (non-hydrogen) atoms. The quantitative estimate of drug-likeness (QED) is 0.669. The number of ether oxygens (including phenoxy) is 1. The fraction of sp³-hybridized carbons (Fsp3) is 0.417. The van der Waals surface area contributed by atoms with Crippen molar-refractivity contribution in [3.8, 4) is 5.75 Å². The summed E-state index contributed by atoms with van der Waals surface area (Å²) in [6.45, 7) is 2.09. The highest BCUT2D eigenvalue weighted by Crippen LogP contribution is 2.18. The fourth-order valence-corrected chi connectivity index (χ4v) is 1.70. The van der Waals surface area contributed by atoms with Gasteiger partial charge < -0.3 is 9.84 Å². The van der Waals surface area contributed by atoms with E-state index in [2.05, 4.69) is 15.9 Å². The second-order valence-electron chi connectivity index (χ2n) is 3.40. The maximum atomic E-state index is 11.5. The summed E-state index contributed by atoms with van der Waals surface area (Å²) in [5.74, 6) is -0.284. The predicted molar refractivity (Wildman–Crippen MR) is 66.2 cm³/mol. The molecular weight excluding hydrogens is 272 g/mol. The van der Waals surface area contributed by atoms with Crippen molar-refractivity contribution < 1.29 is 14.6 Å². The van der Waals surface area contributed by atoms with Gasteiger partial charge >= 0.3 is 5.97 Å². The molecule has 0 aliphatic carbocycles. The maximum Gasteiger partial charge on any atom is 0.338 e. The second kappa shape index (κ2) is 6.53. The first kappa shape index (κ1) is 13.0. The molecule has 4 heteroatoms. The SMILES string of the molecule is CCOC(=O)c1cc(O)cc(CCCBr)c1. The number of halogens is 1. The van der Waals surface area contributed by atoms with E-state index in [0.717, 1.165) is 23.7 Å². The third-order valence-electron chi connectivity index (χ3n) is 2.09. The third kappa shape index (κ3) is 3.85. The summed E-state index contributed by atoms with van der Waals surface area (Å²) in [5, 5.41) is 10.4. The van der Waals surface area contributed by atoms with Crippen LogP contribution < -0.4 is 0 Å². The van der Waals surface area contributed by atoms with E-state index in [1.54, 1.807) is 19.1 Å². The number of rotatable bonds is 5. The molecule has 0 bridgehead atoms. The van der Waals surface area contributed by atoms with Gasteiger partial charge in [0.1, 0.15) is 5.75 Å². The average Bonchev–Trinajstić information content (AvgIpc) is 2.26. The number of alkyl halides is 1. The van der Waals surface area contributed by atoms with Crippen LogP contribution in [0.5, 0.6) is 5.75 Å². The van der Waals surface area contributed by atoms with E-state index in [0.29, 0.717) is 12.2 Å². The summed E-state index contributed by atoms with van der Waals surface area (Å²) in [5.41, 5.74) is 1.36. The number of hydrogen-bond donors (Lipinski definition) is 1. The van der Waals surface area contributed by atoms with E-state index in [4.69, 9.17) is 4.74 Å². The Kier molecular flexibility index (Phi) is 5.32. The summed E-state index contributed by atoms with van der Waals surface area (Å²) < 4.78 is 4.88. The van der Waals surface area contributed by atoms with E-state index >= 15 is 0 Å². The van der Waals surface area contributed by atoms with Crippen molar-refractivity contribution in [2.45, 2.75) is 19.8 Å². The van der Waals surface area contributed by atoms with Crippen LogP contribution in [-0.2, 0) is 11.2 Å². The van der Waals surface area contributed by atoms with Gasteiger partial charge in [-0.05, 0) is 43.5 Å². The first-order chi connectivity index (χ1) is 7.67. The Morgan fingerprint density at radius 3 is 2.81 bits per heavy atom. The molecule has 0 unspecified atom stereocenters. The van der Waals surface area contributed by atoms with Gasteiger partial charge in [0.25, 0.3) is 0 Å². The number of benzene rings is 1. The lowest BCUT2D eigenvalue weighted by Crippen LogP contribution is -2.05. The van der Waals surface area contributed by atoms with Gasteiger partial charge in [-0.3, -0.25) is 0 Å². The molecule has 88 valence electrons. The summed E-state index contributed by atoms with van der Waals surface area (Å²) in [6.07, 6.45) is 1.79. The molecule has 1 rings (SSSR count). The summed E-state index contributed by atoms with van der Waals surface area (Å²) >= 11 is 3.34. The lowest BCUT2D eigenvalue weighted by Gasteiger charge is -2.06. The molecule has 1 aromatic carbocycles. The van der Waals surface area contributed by atoms with E-state index in [1.165, 1.54) is 6.07 Å². The van der Waals surface area contributed by atoms with Crippen LogP contribution in [0, 0.1) is 0 Å². The van der Waals surface area contributed by atoms with Crippen molar-refractivity contribution in [2.24, 2.45) is 0 Å². The van der Waals surface area contributed by atoms with Crippen LogP contribution in [-0.4, -0.2) is 23.0 Å². The smallest absolute Gasteiger partial charge is 0.338 e. The number of phenols is 1. The number of aromatic hydroxyl groups is 1. The molecule has 0 radical (unpaired) electrons. The fourth-order valence-electron chi connectivity index (χ4n) is 1.42. The van der Waals surface area contributed by atoms with Crippen LogP contribution >= 0.6 is 15.9 Å². The highest BCUT2D eigenvalue weighted by molar-refractivity contribution is 9.09. The van der Waals surface area contributed by atoms with Gasteiger partial charge in [-0.2, -0.15) is 0 Å². The molecule has 0 heterocycles. The van der Waals surface area contributed by atoms with Crippen LogP contribution in [0.25, 0.3) is 0 Å². The molecule has 0 saturated carbocycles. The molecule has 0 saturated heterocycles. The molecule has 0 aliphatic rings. The van der Waals surface area contributed by atoms with Crippen molar-refractivity contribution in [3.05, 3.63) is 29.3 Å². The predicted octanol–water partition coefficient (Wildman–Crippen LogP) is 2.90. The van der Waals surface area contributed by atoms with Crippen molar-refractivity contribution in [2.75, 3.05) is 11.9 Å². The first-order valence-corrected chi connectivity index (χ1v) is 6.35. The molecule has 1 N–H and O–H groups in total. The van der Waals surface area contributed by atoms with Gasteiger partial charge in [0.05, 0.1) is 12.2 Å². The first-order valence-electron chi connectivity index (χ1n) is 5.23. The highest BCUT2D eigenvalue weighted by atomic mass is 79.9. The minimum Gasteiger partial charge on any atom is -0.508 e. The average molecular weight is 287 g/mol. The molecule has 0 fully saturated rings. The zero-order chi connectivity index (χ0) is 12.0. The Morgan fingerprint density at radius 1 is 1.44 bits per heavy atom. The Balaban J connectivity index is 2.84. The molecule has 3 nitrogen and oxygen atoms in total. The Bertz CT molecular complexity index is 363. The number of phenolic OH excluding ortho intramolecular Hbond substituents is 1. The van der Waals surface area contributed by atoms with E-state index in [-0.39, 0.29) is 5.75 Å². The van der Waals surface area contributed by atoms with Crippen LogP contribution in [0.1, 0.15) is 29.3 Å². The number of carbonyl (C=O) groups is 1. The molecule has 0 atom stereocenters. The monoisotopic (exact) mass is 286 g/mol. The maximum absolute atomic E-state index is 11.5. The highest BCUT2D eigenvalue weighted by Gasteiger charge is 2.09. The van der Waals surface area contributed by atoms with Gasteiger partial charge in [-0.15, -0.1) is 0 Å². The van der Waals surface area contributed by atoms with Crippen molar-refractivity contribution >= 4 is 21.9 Å². The number of esters is 1. The van der Waals surface area contributed by atoms with Crippen molar-refractivity contribution in [1.29, 1.82) is 0 Å². The standard InChI is InChI=1S/C12H15BrO3/c1-2-16-12(15)10-6-9(4-3-5-13)7-11(14)8-10/h6-8,14H,2-5H2,1H3. The lowest BCUT2D eigenvalue weighted by atomic mass is 10.1. The largest absolute Gasteiger partial charge is 0.508 e. The molecule has 0 amide bonds. The minimum atomic E-state index is -0.390. The van der Waals surface area contributed by atoms with E-state index < -0.39 is 5.97 Å². The molecule has 1 aromatic rings. The Hall–Kier alpha value is -1.03. The van der Waals surface area contributed by atoms with E-state index in [9.17, 15) is 9.90 Å². The number of hydrogen-bond acceptors (Lipinski definition) is 3. The summed E-state index contributed by atoms with van der Waals surface area (Å²) in [4.78, 5) is 11.5. The second-order valence-corrected chi connectivity index (χ2v) is 4.19.